The Bertz CT molecular complexity index is 621. The van der Waals surface area contributed by atoms with E-state index >= 15 is 0 Å². The molecule has 0 aliphatic heterocycles. The summed E-state index contributed by atoms with van der Waals surface area (Å²) in [4.78, 5) is 18.0. The van der Waals surface area contributed by atoms with Gasteiger partial charge in [-0.05, 0) is 31.0 Å². The van der Waals surface area contributed by atoms with Crippen molar-refractivity contribution in [3.05, 3.63) is 18.2 Å². The molecule has 5 nitrogen and oxygen atoms in total. The fourth-order valence-electron chi connectivity index (χ4n) is 1.88. The molecule has 2 aromatic rings. The number of rotatable bonds is 4. The second-order valence-electron chi connectivity index (χ2n) is 4.73. The fourth-order valence-corrected chi connectivity index (χ4v) is 2.64. The van der Waals surface area contributed by atoms with Crippen molar-refractivity contribution in [3.8, 4) is 0 Å². The Kier molecular flexibility index (Phi) is 3.10. The van der Waals surface area contributed by atoms with Gasteiger partial charge in [0, 0.05) is 18.8 Å². The van der Waals surface area contributed by atoms with Gasteiger partial charge >= 0.3 is 0 Å². The molecule has 100 valence electrons. The lowest BCUT2D eigenvalue weighted by Gasteiger charge is -2.14. The molecule has 1 amide bonds. The number of hydrogen-bond acceptors (Lipinski definition) is 5. The van der Waals surface area contributed by atoms with Gasteiger partial charge in [-0.15, -0.1) is 0 Å². The number of oxazole rings is 1. The van der Waals surface area contributed by atoms with Crippen LogP contribution in [0.4, 0.5) is 5.69 Å². The predicted molar refractivity (Wildman–Crippen MR) is 74.9 cm³/mol. The van der Waals surface area contributed by atoms with Gasteiger partial charge in [0.1, 0.15) is 5.52 Å². The van der Waals surface area contributed by atoms with E-state index < -0.39 is 0 Å². The summed E-state index contributed by atoms with van der Waals surface area (Å²) in [6.07, 6.45) is 2.24. The van der Waals surface area contributed by atoms with Gasteiger partial charge in [0.25, 0.3) is 5.22 Å². The van der Waals surface area contributed by atoms with Crippen molar-refractivity contribution in [1.82, 2.24) is 9.88 Å². The van der Waals surface area contributed by atoms with Crippen LogP contribution in [0.15, 0.2) is 27.8 Å². The summed E-state index contributed by atoms with van der Waals surface area (Å²) in [5.41, 5.74) is 7.76. The first-order valence-electron chi connectivity index (χ1n) is 6.18. The third-order valence-electron chi connectivity index (χ3n) is 3.20. The highest BCUT2D eigenvalue weighted by atomic mass is 32.2. The van der Waals surface area contributed by atoms with Crippen LogP contribution in [-0.4, -0.2) is 34.6 Å². The molecular formula is C13H15N3O2S. The van der Waals surface area contributed by atoms with Crippen LogP contribution in [0.5, 0.6) is 0 Å². The normalized spacial score (nSPS) is 14.8. The van der Waals surface area contributed by atoms with Crippen molar-refractivity contribution in [1.29, 1.82) is 0 Å². The number of anilines is 1. The van der Waals surface area contributed by atoms with E-state index in [-0.39, 0.29) is 5.91 Å². The maximum Gasteiger partial charge on any atom is 0.257 e. The number of nitrogens with two attached hydrogens (primary N) is 1. The zero-order valence-electron chi connectivity index (χ0n) is 10.6. The second-order valence-corrected chi connectivity index (χ2v) is 5.66. The number of carbonyl (C=O) groups is 1. The lowest BCUT2D eigenvalue weighted by atomic mass is 10.3. The van der Waals surface area contributed by atoms with Gasteiger partial charge in [-0.3, -0.25) is 4.79 Å². The van der Waals surface area contributed by atoms with E-state index in [1.54, 1.807) is 18.2 Å². The number of nitrogens with zero attached hydrogens (tertiary/aromatic N) is 2. The number of hydrogen-bond donors (Lipinski definition) is 1. The lowest BCUT2D eigenvalue weighted by molar-refractivity contribution is -0.127. The summed E-state index contributed by atoms with van der Waals surface area (Å²) < 4.78 is 5.55. The SMILES string of the molecule is CN(C(=O)CSc1nc2cc(N)ccc2o1)C1CC1. The smallest absolute Gasteiger partial charge is 0.257 e. The van der Waals surface area contributed by atoms with Crippen LogP contribution in [0.3, 0.4) is 0 Å². The molecular weight excluding hydrogens is 262 g/mol. The molecule has 3 rings (SSSR count). The quantitative estimate of drug-likeness (QED) is 0.684. The average Bonchev–Trinajstić information content (AvgIpc) is 3.16. The monoisotopic (exact) mass is 277 g/mol. The third kappa shape index (κ3) is 2.68. The van der Waals surface area contributed by atoms with E-state index in [0.717, 1.165) is 18.4 Å². The highest BCUT2D eigenvalue weighted by molar-refractivity contribution is 7.99. The molecule has 0 bridgehead atoms. The van der Waals surface area contributed by atoms with E-state index in [1.807, 2.05) is 11.9 Å². The van der Waals surface area contributed by atoms with E-state index in [9.17, 15) is 4.79 Å². The second kappa shape index (κ2) is 4.77. The first-order valence-corrected chi connectivity index (χ1v) is 7.16. The zero-order valence-corrected chi connectivity index (χ0v) is 11.4. The highest BCUT2D eigenvalue weighted by Gasteiger charge is 2.29. The van der Waals surface area contributed by atoms with Crippen LogP contribution >= 0.6 is 11.8 Å². The number of amides is 1. The summed E-state index contributed by atoms with van der Waals surface area (Å²) >= 11 is 1.32. The molecule has 6 heteroatoms. The number of benzene rings is 1. The number of nitrogen functional groups attached to an aromatic ring is 1. The van der Waals surface area contributed by atoms with Gasteiger partial charge < -0.3 is 15.1 Å². The van der Waals surface area contributed by atoms with Crippen LogP contribution in [-0.2, 0) is 4.79 Å². The topological polar surface area (TPSA) is 72.4 Å². The van der Waals surface area contributed by atoms with E-state index in [2.05, 4.69) is 4.98 Å². The van der Waals surface area contributed by atoms with Gasteiger partial charge in [0.2, 0.25) is 5.91 Å². The summed E-state index contributed by atoms with van der Waals surface area (Å²) in [5.74, 6) is 0.476. The minimum Gasteiger partial charge on any atom is -0.431 e. The summed E-state index contributed by atoms with van der Waals surface area (Å²) in [5, 5.41) is 0.512. The molecule has 1 aromatic carbocycles. The van der Waals surface area contributed by atoms with Gasteiger partial charge in [-0.2, -0.15) is 0 Å². The van der Waals surface area contributed by atoms with Crippen molar-refractivity contribution in [2.75, 3.05) is 18.5 Å². The summed E-state index contributed by atoms with van der Waals surface area (Å²) in [7, 11) is 1.85. The molecule has 1 heterocycles. The Morgan fingerprint density at radius 3 is 3.11 bits per heavy atom. The molecule has 1 saturated carbocycles. The largest absolute Gasteiger partial charge is 0.431 e. The zero-order chi connectivity index (χ0) is 13.4. The van der Waals surface area contributed by atoms with Crippen LogP contribution < -0.4 is 5.73 Å². The minimum absolute atomic E-state index is 0.120. The molecule has 1 aliphatic carbocycles. The van der Waals surface area contributed by atoms with E-state index in [0.29, 0.717) is 28.3 Å². The maximum atomic E-state index is 11.9. The number of fused-ring (bicyclic) bond motifs is 1. The fraction of sp³-hybridized carbons (Fsp3) is 0.385. The molecule has 1 aromatic heterocycles. The van der Waals surface area contributed by atoms with Gasteiger partial charge in [-0.1, -0.05) is 11.8 Å². The molecule has 19 heavy (non-hydrogen) atoms. The summed E-state index contributed by atoms with van der Waals surface area (Å²) in [6.45, 7) is 0. The standard InChI is InChI=1S/C13H15N3O2S/c1-16(9-3-4-9)12(17)7-19-13-15-10-6-8(14)2-5-11(10)18-13/h2,5-6,9H,3-4,7,14H2,1H3. The number of aromatic nitrogens is 1. The van der Waals surface area contributed by atoms with Crippen molar-refractivity contribution < 1.29 is 9.21 Å². The lowest BCUT2D eigenvalue weighted by Crippen LogP contribution is -2.30. The van der Waals surface area contributed by atoms with Crippen molar-refractivity contribution in [2.24, 2.45) is 0 Å². The average molecular weight is 277 g/mol. The highest BCUT2D eigenvalue weighted by Crippen LogP contribution is 2.28. The van der Waals surface area contributed by atoms with Gasteiger partial charge in [0.05, 0.1) is 5.75 Å². The first kappa shape index (κ1) is 12.3. The molecule has 2 N–H and O–H groups in total. The Balaban J connectivity index is 1.66. The van der Waals surface area contributed by atoms with E-state index in [4.69, 9.17) is 10.2 Å². The molecule has 1 fully saturated rings. The Morgan fingerprint density at radius 2 is 2.37 bits per heavy atom. The van der Waals surface area contributed by atoms with Gasteiger partial charge in [0.15, 0.2) is 5.58 Å². The van der Waals surface area contributed by atoms with Crippen LogP contribution in [0.1, 0.15) is 12.8 Å². The van der Waals surface area contributed by atoms with Crippen LogP contribution in [0.2, 0.25) is 0 Å². The van der Waals surface area contributed by atoms with Gasteiger partial charge in [-0.25, -0.2) is 4.98 Å². The molecule has 0 unspecified atom stereocenters. The number of thioether (sulfide) groups is 1. The Hall–Kier alpha value is -1.69. The van der Waals surface area contributed by atoms with Crippen molar-refractivity contribution in [3.63, 3.8) is 0 Å². The van der Waals surface area contributed by atoms with Crippen molar-refractivity contribution in [2.45, 2.75) is 24.1 Å². The minimum atomic E-state index is 0.120. The first-order chi connectivity index (χ1) is 9.13. The third-order valence-corrected chi connectivity index (χ3v) is 4.01. The van der Waals surface area contributed by atoms with Crippen molar-refractivity contribution >= 4 is 34.5 Å². The van der Waals surface area contributed by atoms with E-state index in [1.165, 1.54) is 11.8 Å². The maximum absolute atomic E-state index is 11.9. The predicted octanol–water partition coefficient (Wildman–Crippen LogP) is 2.12. The molecule has 0 atom stereocenters. The van der Waals surface area contributed by atoms with Crippen LogP contribution in [0.25, 0.3) is 11.1 Å². The molecule has 0 radical (unpaired) electrons. The molecule has 0 saturated heterocycles. The Morgan fingerprint density at radius 1 is 1.58 bits per heavy atom. The molecule has 0 spiro atoms. The summed E-state index contributed by atoms with van der Waals surface area (Å²) in [6, 6.07) is 5.77. The number of carbonyl (C=O) groups excluding carboxylic acids is 1. The Labute approximate surface area is 115 Å². The van der Waals surface area contributed by atoms with Crippen LogP contribution in [0, 0.1) is 0 Å². The molecule has 1 aliphatic rings.